The van der Waals surface area contributed by atoms with Crippen molar-refractivity contribution < 1.29 is 28.6 Å². The minimum Gasteiger partial charge on any atom is -0.467 e. The fourth-order valence-electron chi connectivity index (χ4n) is 2.84. The number of amides is 2. The van der Waals surface area contributed by atoms with Gasteiger partial charge in [0, 0.05) is 13.0 Å². The van der Waals surface area contributed by atoms with Crippen LogP contribution in [0.4, 0.5) is 9.59 Å². The number of ether oxygens (including phenoxy) is 3. The molecule has 2 N–H and O–H groups in total. The van der Waals surface area contributed by atoms with Crippen LogP contribution in [-0.2, 0) is 38.6 Å². The third kappa shape index (κ3) is 9.07. The topological polar surface area (TPSA) is 103 Å². The lowest BCUT2D eigenvalue weighted by Gasteiger charge is -2.22. The first kappa shape index (κ1) is 24.7. The van der Waals surface area contributed by atoms with Crippen molar-refractivity contribution in [1.29, 1.82) is 0 Å². The second-order valence-electron chi connectivity index (χ2n) is 8.16. The van der Waals surface area contributed by atoms with Crippen LogP contribution in [0.25, 0.3) is 0 Å². The lowest BCUT2D eigenvalue weighted by molar-refractivity contribution is -0.143. The third-order valence-electron chi connectivity index (χ3n) is 4.26. The van der Waals surface area contributed by atoms with Crippen molar-refractivity contribution in [3.63, 3.8) is 0 Å². The zero-order valence-corrected chi connectivity index (χ0v) is 18.8. The summed E-state index contributed by atoms with van der Waals surface area (Å²) in [5, 5.41) is 5.25. The number of hydrogen-bond acceptors (Lipinski definition) is 6. The van der Waals surface area contributed by atoms with Gasteiger partial charge in [0.25, 0.3) is 0 Å². The van der Waals surface area contributed by atoms with Gasteiger partial charge < -0.3 is 24.8 Å². The number of carbonyl (C=O) groups excluding carboxylic acids is 3. The molecule has 0 aliphatic heterocycles. The molecule has 0 bridgehead atoms. The maximum absolute atomic E-state index is 12.1. The normalized spacial score (nSPS) is 11.8. The molecule has 2 aromatic rings. The van der Waals surface area contributed by atoms with Crippen LogP contribution in [0.5, 0.6) is 0 Å². The zero-order valence-electron chi connectivity index (χ0n) is 18.8. The van der Waals surface area contributed by atoms with Gasteiger partial charge in [0.15, 0.2) is 0 Å². The molecule has 2 aromatic carbocycles. The fourth-order valence-corrected chi connectivity index (χ4v) is 2.84. The molecule has 8 nitrogen and oxygen atoms in total. The number of benzene rings is 2. The quantitative estimate of drug-likeness (QED) is 0.477. The summed E-state index contributed by atoms with van der Waals surface area (Å²) >= 11 is 0. The molecule has 0 aliphatic carbocycles. The number of methoxy groups -OCH3 is 1. The highest BCUT2D eigenvalue weighted by atomic mass is 16.6. The highest BCUT2D eigenvalue weighted by molar-refractivity contribution is 5.81. The van der Waals surface area contributed by atoms with E-state index < -0.39 is 29.8 Å². The lowest BCUT2D eigenvalue weighted by Crippen LogP contribution is -2.45. The zero-order chi connectivity index (χ0) is 23.6. The molecule has 0 heterocycles. The maximum atomic E-state index is 12.1. The standard InChI is InChI=1S/C24H30N2O6/c1-24(2,3)32-23(29)26-20(21(27)30-4)14-18-11-8-12-19(13-18)15-25-22(28)31-16-17-9-6-5-7-10-17/h5-13,20H,14-16H2,1-4H3,(H,25,28)(H,26,29)/t20-/m0/s1. The summed E-state index contributed by atoms with van der Waals surface area (Å²) in [5.74, 6) is -0.580. The van der Waals surface area contributed by atoms with Gasteiger partial charge in [0.05, 0.1) is 7.11 Å². The van der Waals surface area contributed by atoms with Crippen LogP contribution in [0.15, 0.2) is 54.6 Å². The highest BCUT2D eigenvalue weighted by Crippen LogP contribution is 2.11. The van der Waals surface area contributed by atoms with E-state index in [0.717, 1.165) is 16.7 Å². The molecule has 0 aliphatic rings. The molecule has 0 radical (unpaired) electrons. The Kier molecular flexibility index (Phi) is 9.07. The minimum atomic E-state index is -0.908. The van der Waals surface area contributed by atoms with Crippen LogP contribution in [0, 0.1) is 0 Å². The van der Waals surface area contributed by atoms with E-state index in [4.69, 9.17) is 14.2 Å². The van der Waals surface area contributed by atoms with Crippen LogP contribution >= 0.6 is 0 Å². The van der Waals surface area contributed by atoms with Gasteiger partial charge in [-0.15, -0.1) is 0 Å². The predicted octanol–water partition coefficient (Wildman–Crippen LogP) is 3.72. The van der Waals surface area contributed by atoms with E-state index >= 15 is 0 Å². The van der Waals surface area contributed by atoms with Gasteiger partial charge in [-0.25, -0.2) is 14.4 Å². The molecule has 32 heavy (non-hydrogen) atoms. The Morgan fingerprint density at radius 2 is 1.56 bits per heavy atom. The predicted molar refractivity (Wildman–Crippen MR) is 119 cm³/mol. The first-order valence-corrected chi connectivity index (χ1v) is 10.3. The molecule has 2 amide bonds. The Morgan fingerprint density at radius 3 is 2.22 bits per heavy atom. The van der Waals surface area contributed by atoms with Gasteiger partial charge in [-0.2, -0.15) is 0 Å². The van der Waals surface area contributed by atoms with Crippen molar-refractivity contribution in [2.75, 3.05) is 7.11 Å². The van der Waals surface area contributed by atoms with Crippen molar-refractivity contribution >= 4 is 18.2 Å². The van der Waals surface area contributed by atoms with Gasteiger partial charge in [0.2, 0.25) is 0 Å². The highest BCUT2D eigenvalue weighted by Gasteiger charge is 2.25. The first-order chi connectivity index (χ1) is 15.2. The summed E-state index contributed by atoms with van der Waals surface area (Å²) in [6.07, 6.45) is -1.02. The second-order valence-corrected chi connectivity index (χ2v) is 8.16. The molecule has 0 unspecified atom stereocenters. The van der Waals surface area contributed by atoms with Crippen LogP contribution in [0.2, 0.25) is 0 Å². The van der Waals surface area contributed by atoms with Crippen molar-refractivity contribution in [2.24, 2.45) is 0 Å². The smallest absolute Gasteiger partial charge is 0.408 e. The molecule has 0 saturated carbocycles. The summed E-state index contributed by atoms with van der Waals surface area (Å²) in [6.45, 7) is 5.65. The molecule has 0 fully saturated rings. The average Bonchev–Trinajstić information content (AvgIpc) is 2.75. The van der Waals surface area contributed by atoms with Gasteiger partial charge in [-0.1, -0.05) is 54.6 Å². The van der Waals surface area contributed by atoms with E-state index in [9.17, 15) is 14.4 Å². The largest absolute Gasteiger partial charge is 0.467 e. The molecule has 8 heteroatoms. The monoisotopic (exact) mass is 442 g/mol. The second kappa shape index (κ2) is 11.7. The van der Waals surface area contributed by atoms with Gasteiger partial charge >= 0.3 is 18.2 Å². The van der Waals surface area contributed by atoms with Crippen LogP contribution < -0.4 is 10.6 Å². The number of rotatable bonds is 8. The number of hydrogen-bond donors (Lipinski definition) is 2. The van der Waals surface area contributed by atoms with Crippen molar-refractivity contribution in [1.82, 2.24) is 10.6 Å². The van der Waals surface area contributed by atoms with E-state index in [1.807, 2.05) is 54.6 Å². The summed E-state index contributed by atoms with van der Waals surface area (Å²) in [5.41, 5.74) is 1.82. The molecule has 1 atom stereocenters. The van der Waals surface area contributed by atoms with Crippen LogP contribution in [0.1, 0.15) is 37.5 Å². The Morgan fingerprint density at radius 1 is 0.906 bits per heavy atom. The molecular weight excluding hydrogens is 412 g/mol. The van der Waals surface area contributed by atoms with Crippen molar-refractivity contribution in [3.05, 3.63) is 71.3 Å². The molecule has 0 aromatic heterocycles. The van der Waals surface area contributed by atoms with Crippen molar-refractivity contribution in [2.45, 2.75) is 52.0 Å². The van der Waals surface area contributed by atoms with Gasteiger partial charge in [0.1, 0.15) is 18.2 Å². The molecule has 2 rings (SSSR count). The van der Waals surface area contributed by atoms with E-state index in [-0.39, 0.29) is 19.6 Å². The molecule has 0 saturated heterocycles. The maximum Gasteiger partial charge on any atom is 0.408 e. The van der Waals surface area contributed by atoms with Crippen LogP contribution in [-0.4, -0.2) is 36.9 Å². The summed E-state index contributed by atoms with van der Waals surface area (Å²) in [7, 11) is 1.26. The van der Waals surface area contributed by atoms with E-state index in [1.165, 1.54) is 7.11 Å². The van der Waals surface area contributed by atoms with Gasteiger partial charge in [-0.3, -0.25) is 0 Å². The number of carbonyl (C=O) groups is 3. The Hall–Kier alpha value is -3.55. The Bertz CT molecular complexity index is 908. The van der Waals surface area contributed by atoms with Crippen LogP contribution in [0.3, 0.4) is 0 Å². The SMILES string of the molecule is COC(=O)[C@H](Cc1cccc(CNC(=O)OCc2ccccc2)c1)NC(=O)OC(C)(C)C. The fraction of sp³-hybridized carbons (Fsp3) is 0.375. The van der Waals surface area contributed by atoms with Crippen molar-refractivity contribution in [3.8, 4) is 0 Å². The Balaban J connectivity index is 1.92. The summed E-state index contributed by atoms with van der Waals surface area (Å²) < 4.78 is 15.2. The number of nitrogens with one attached hydrogen (secondary N) is 2. The van der Waals surface area contributed by atoms with Gasteiger partial charge in [-0.05, 0) is 37.5 Å². The van der Waals surface area contributed by atoms with E-state index in [0.29, 0.717) is 0 Å². The van der Waals surface area contributed by atoms with E-state index in [2.05, 4.69) is 10.6 Å². The number of alkyl carbamates (subject to hydrolysis) is 2. The molecular formula is C24H30N2O6. The first-order valence-electron chi connectivity index (χ1n) is 10.3. The lowest BCUT2D eigenvalue weighted by atomic mass is 10.0. The summed E-state index contributed by atoms with van der Waals surface area (Å²) in [6, 6.07) is 15.8. The minimum absolute atomic E-state index is 0.184. The summed E-state index contributed by atoms with van der Waals surface area (Å²) in [4.78, 5) is 36.2. The molecule has 172 valence electrons. The average molecular weight is 443 g/mol. The Labute approximate surface area is 188 Å². The molecule has 0 spiro atoms. The third-order valence-corrected chi connectivity index (χ3v) is 4.26. The van der Waals surface area contributed by atoms with E-state index in [1.54, 1.807) is 20.8 Å². The number of esters is 1.